The maximum atomic E-state index is 4.87. The van der Waals surface area contributed by atoms with E-state index in [2.05, 4.69) is 104 Å². The van der Waals surface area contributed by atoms with E-state index in [4.69, 9.17) is 20.5 Å². The lowest BCUT2D eigenvalue weighted by atomic mass is 9.88. The van der Waals surface area contributed by atoms with E-state index in [1.54, 1.807) is 0 Å². The summed E-state index contributed by atoms with van der Waals surface area (Å²) >= 11 is 0. The minimum atomic E-state index is 0.618. The van der Waals surface area contributed by atoms with Crippen molar-refractivity contribution < 1.29 is 0 Å². The summed E-state index contributed by atoms with van der Waals surface area (Å²) in [6, 6.07) is 0. The lowest BCUT2D eigenvalue weighted by Crippen LogP contribution is -2.04. The summed E-state index contributed by atoms with van der Waals surface area (Å²) < 4.78 is 0. The molecule has 3 aromatic rings. The van der Waals surface area contributed by atoms with E-state index in [-0.39, 0.29) is 0 Å². The Morgan fingerprint density at radius 3 is 0.795 bits per heavy atom. The van der Waals surface area contributed by atoms with Crippen molar-refractivity contribution >= 4 is 22.7 Å². The van der Waals surface area contributed by atoms with E-state index in [0.717, 1.165) is 51.4 Å². The number of hydrogen-bond donors (Lipinski definition) is 0. The van der Waals surface area contributed by atoms with Crippen LogP contribution in [0.4, 0.5) is 22.7 Å². The Morgan fingerprint density at radius 1 is 0.333 bits per heavy atom. The molecule has 0 saturated carbocycles. The number of nitrogens with zero attached hydrogens (tertiary/aromatic N) is 4. The van der Waals surface area contributed by atoms with Gasteiger partial charge in [0.25, 0.3) is 0 Å². The molecule has 0 aliphatic carbocycles. The molecule has 0 aliphatic heterocycles. The smallest absolute Gasteiger partial charge is 0.0922 e. The lowest BCUT2D eigenvalue weighted by Gasteiger charge is -2.19. The van der Waals surface area contributed by atoms with Gasteiger partial charge in [0.2, 0.25) is 0 Å². The summed E-state index contributed by atoms with van der Waals surface area (Å²) in [7, 11) is 0. The standard InChI is InChI=1S/C35H48N4/c1-17(2)16-31-21(6)25(10)33(26(11)22(31)7)37-39-35-29(14)27(12)34(28(13)30(35)15)38-36-32-23(8)19(4)18(3)20(5)24(32)9/h17H,16H2,1-15H3. The molecule has 4 nitrogen and oxygen atoms in total. The van der Waals surface area contributed by atoms with Gasteiger partial charge in [0.05, 0.1) is 22.7 Å². The molecule has 3 aromatic carbocycles. The zero-order chi connectivity index (χ0) is 29.5. The molecule has 0 N–H and O–H groups in total. The topological polar surface area (TPSA) is 49.4 Å². The van der Waals surface area contributed by atoms with Crippen molar-refractivity contribution in [3.05, 3.63) is 77.9 Å². The Hall–Kier alpha value is -3.14. The van der Waals surface area contributed by atoms with E-state index in [0.29, 0.717) is 5.92 Å². The Morgan fingerprint density at radius 2 is 0.538 bits per heavy atom. The first-order chi connectivity index (χ1) is 18.1. The molecule has 208 valence electrons. The molecule has 0 unspecified atom stereocenters. The normalized spacial score (nSPS) is 12.1. The van der Waals surface area contributed by atoms with Crippen LogP contribution in [-0.2, 0) is 6.42 Å². The molecule has 0 atom stereocenters. The van der Waals surface area contributed by atoms with Crippen LogP contribution in [0.5, 0.6) is 0 Å². The van der Waals surface area contributed by atoms with Crippen LogP contribution in [-0.4, -0.2) is 0 Å². The zero-order valence-corrected chi connectivity index (χ0v) is 27.1. The van der Waals surface area contributed by atoms with Gasteiger partial charge in [0.15, 0.2) is 0 Å². The van der Waals surface area contributed by atoms with E-state index < -0.39 is 0 Å². The van der Waals surface area contributed by atoms with Gasteiger partial charge in [-0.2, -0.15) is 0 Å². The number of rotatable bonds is 6. The SMILES string of the molecule is Cc1c(C)c(C)c(N=Nc2c(C)c(C)c(N=Nc3c(C)c(C)c(CC(C)C)c(C)c3C)c(C)c2C)c(C)c1C. The fourth-order valence-electron chi connectivity index (χ4n) is 5.64. The van der Waals surface area contributed by atoms with Gasteiger partial charge in [0, 0.05) is 0 Å². The third kappa shape index (κ3) is 5.48. The molecule has 0 spiro atoms. The van der Waals surface area contributed by atoms with Crippen molar-refractivity contribution in [3.63, 3.8) is 0 Å². The van der Waals surface area contributed by atoms with Gasteiger partial charge in [0.1, 0.15) is 0 Å². The van der Waals surface area contributed by atoms with Crippen LogP contribution in [0.25, 0.3) is 0 Å². The highest BCUT2D eigenvalue weighted by molar-refractivity contribution is 5.70. The maximum Gasteiger partial charge on any atom is 0.0922 e. The quantitative estimate of drug-likeness (QED) is 0.288. The van der Waals surface area contributed by atoms with Gasteiger partial charge in [-0.05, 0) is 180 Å². The predicted molar refractivity (Wildman–Crippen MR) is 168 cm³/mol. The molecule has 0 bridgehead atoms. The van der Waals surface area contributed by atoms with Crippen molar-refractivity contribution in [1.82, 2.24) is 0 Å². The molecular weight excluding hydrogens is 476 g/mol. The van der Waals surface area contributed by atoms with Gasteiger partial charge >= 0.3 is 0 Å². The number of benzene rings is 3. The molecule has 3 rings (SSSR count). The Balaban J connectivity index is 2.11. The van der Waals surface area contributed by atoms with Gasteiger partial charge in [-0.15, -0.1) is 20.5 Å². The van der Waals surface area contributed by atoms with Crippen molar-refractivity contribution in [3.8, 4) is 0 Å². The van der Waals surface area contributed by atoms with Gasteiger partial charge in [-0.3, -0.25) is 0 Å². The second-order valence-corrected chi connectivity index (χ2v) is 12.0. The van der Waals surface area contributed by atoms with Crippen LogP contribution in [0.15, 0.2) is 20.5 Å². The molecule has 0 amide bonds. The van der Waals surface area contributed by atoms with E-state index in [1.165, 1.54) is 55.6 Å². The largest absolute Gasteiger partial charge is 0.150 e. The first-order valence-corrected chi connectivity index (χ1v) is 14.2. The molecule has 0 heterocycles. The third-order valence-electron chi connectivity index (χ3n) is 9.36. The minimum Gasteiger partial charge on any atom is -0.150 e. The molecule has 0 saturated heterocycles. The summed E-state index contributed by atoms with van der Waals surface area (Å²) in [5.74, 6) is 0.618. The first kappa shape index (κ1) is 30.4. The molecule has 0 radical (unpaired) electrons. The number of azo groups is 2. The first-order valence-electron chi connectivity index (χ1n) is 14.2. The zero-order valence-electron chi connectivity index (χ0n) is 27.1. The summed E-state index contributed by atoms with van der Waals surface area (Å²) in [6.45, 7) is 32.7. The molecular formula is C35H48N4. The molecule has 0 aliphatic rings. The van der Waals surface area contributed by atoms with Crippen molar-refractivity contribution in [2.45, 2.75) is 110 Å². The third-order valence-corrected chi connectivity index (χ3v) is 9.36. The van der Waals surface area contributed by atoms with Crippen LogP contribution >= 0.6 is 0 Å². The van der Waals surface area contributed by atoms with Crippen molar-refractivity contribution in [1.29, 1.82) is 0 Å². The van der Waals surface area contributed by atoms with Crippen LogP contribution in [0.3, 0.4) is 0 Å². The maximum absolute atomic E-state index is 4.87. The van der Waals surface area contributed by atoms with Gasteiger partial charge in [-0.25, -0.2) is 0 Å². The van der Waals surface area contributed by atoms with Crippen molar-refractivity contribution in [2.24, 2.45) is 26.4 Å². The van der Waals surface area contributed by atoms with Gasteiger partial charge in [-0.1, -0.05) is 13.8 Å². The van der Waals surface area contributed by atoms with Crippen LogP contribution < -0.4 is 0 Å². The summed E-state index contributed by atoms with van der Waals surface area (Å²) in [5, 5.41) is 19.4. The van der Waals surface area contributed by atoms with Crippen molar-refractivity contribution in [2.75, 3.05) is 0 Å². The Kier molecular flexibility index (Phi) is 8.99. The minimum absolute atomic E-state index is 0.618. The highest BCUT2D eigenvalue weighted by Crippen LogP contribution is 2.41. The van der Waals surface area contributed by atoms with E-state index in [1.807, 2.05) is 0 Å². The second-order valence-electron chi connectivity index (χ2n) is 12.0. The predicted octanol–water partition coefficient (Wildman–Crippen LogP) is 11.7. The molecule has 0 aromatic heterocycles. The van der Waals surface area contributed by atoms with E-state index in [9.17, 15) is 0 Å². The average Bonchev–Trinajstić information content (AvgIpc) is 2.89. The van der Waals surface area contributed by atoms with E-state index >= 15 is 0 Å². The second kappa shape index (κ2) is 11.5. The van der Waals surface area contributed by atoms with Crippen LogP contribution in [0, 0.1) is 95.9 Å². The molecule has 4 heteroatoms. The molecule has 39 heavy (non-hydrogen) atoms. The summed E-state index contributed by atoms with van der Waals surface area (Å²) in [4.78, 5) is 0. The monoisotopic (exact) mass is 524 g/mol. The Bertz CT molecular complexity index is 1430. The van der Waals surface area contributed by atoms with Crippen LogP contribution in [0.1, 0.15) is 91.7 Å². The fraction of sp³-hybridized carbons (Fsp3) is 0.486. The summed E-state index contributed by atoms with van der Waals surface area (Å²) in [6.07, 6.45) is 1.09. The highest BCUT2D eigenvalue weighted by atomic mass is 15.1. The summed E-state index contributed by atoms with van der Waals surface area (Å²) in [5.41, 5.74) is 21.1. The van der Waals surface area contributed by atoms with Gasteiger partial charge < -0.3 is 0 Å². The average molecular weight is 525 g/mol. The lowest BCUT2D eigenvalue weighted by molar-refractivity contribution is 0.641. The fourth-order valence-corrected chi connectivity index (χ4v) is 5.64. The Labute approximate surface area is 237 Å². The highest BCUT2D eigenvalue weighted by Gasteiger charge is 2.18. The number of hydrogen-bond acceptors (Lipinski definition) is 4. The molecule has 0 fully saturated rings. The van der Waals surface area contributed by atoms with Crippen LogP contribution in [0.2, 0.25) is 0 Å².